The summed E-state index contributed by atoms with van der Waals surface area (Å²) in [7, 11) is 2.44. The average Bonchev–Trinajstić information content (AvgIpc) is 2.65. The maximum absolute atomic E-state index is 12.4. The van der Waals surface area contributed by atoms with Crippen LogP contribution in [0.1, 0.15) is 37.6 Å². The highest BCUT2D eigenvalue weighted by molar-refractivity contribution is 5.97. The van der Waals surface area contributed by atoms with Crippen molar-refractivity contribution < 1.29 is 33.4 Å². The zero-order valence-corrected chi connectivity index (χ0v) is 17.2. The molecule has 0 aliphatic rings. The predicted octanol–water partition coefficient (Wildman–Crippen LogP) is 2.05. The zero-order chi connectivity index (χ0) is 22.0. The highest BCUT2D eigenvalue weighted by atomic mass is 16.6. The van der Waals surface area contributed by atoms with Crippen LogP contribution in [-0.2, 0) is 19.0 Å². The van der Waals surface area contributed by atoms with Crippen molar-refractivity contribution in [3.63, 3.8) is 0 Å². The van der Waals surface area contributed by atoms with E-state index < -0.39 is 35.7 Å². The van der Waals surface area contributed by atoms with Crippen molar-refractivity contribution in [1.82, 2.24) is 10.6 Å². The molecule has 160 valence electrons. The van der Waals surface area contributed by atoms with Gasteiger partial charge in [0, 0.05) is 17.8 Å². The number of esters is 1. The number of benzene rings is 1. The monoisotopic (exact) mass is 409 g/mol. The Balaban J connectivity index is 2.65. The van der Waals surface area contributed by atoms with E-state index in [-0.39, 0.29) is 18.5 Å². The van der Waals surface area contributed by atoms with Crippen LogP contribution in [0.15, 0.2) is 24.3 Å². The van der Waals surface area contributed by atoms with E-state index in [4.69, 9.17) is 9.47 Å². The number of alkyl carbamates (subject to hydrolysis) is 1. The van der Waals surface area contributed by atoms with E-state index >= 15 is 0 Å². The quantitative estimate of drug-likeness (QED) is 0.464. The Bertz CT molecular complexity index is 726. The van der Waals surface area contributed by atoms with Gasteiger partial charge in [-0.05, 0) is 51.5 Å². The molecule has 1 aromatic rings. The molecule has 0 saturated carbocycles. The second-order valence-electron chi connectivity index (χ2n) is 6.96. The van der Waals surface area contributed by atoms with Crippen molar-refractivity contribution in [1.29, 1.82) is 0 Å². The molecular formula is C19H27N3O7. The molecule has 1 atom stereocenters. The Morgan fingerprint density at radius 3 is 2.10 bits per heavy atom. The Morgan fingerprint density at radius 1 is 0.966 bits per heavy atom. The summed E-state index contributed by atoms with van der Waals surface area (Å²) in [6, 6.07) is 5.03. The van der Waals surface area contributed by atoms with Gasteiger partial charge in [0.15, 0.2) is 0 Å². The maximum Gasteiger partial charge on any atom is 0.411 e. The minimum Gasteiger partial charge on any atom is -0.467 e. The van der Waals surface area contributed by atoms with Gasteiger partial charge in [-0.3, -0.25) is 10.1 Å². The van der Waals surface area contributed by atoms with Crippen molar-refractivity contribution >= 4 is 29.8 Å². The summed E-state index contributed by atoms with van der Waals surface area (Å²) in [6.07, 6.45) is -1.15. The number of hydrogen-bond acceptors (Lipinski definition) is 7. The summed E-state index contributed by atoms with van der Waals surface area (Å²) >= 11 is 0. The molecule has 3 N–H and O–H groups in total. The van der Waals surface area contributed by atoms with Crippen LogP contribution in [-0.4, -0.2) is 56.5 Å². The summed E-state index contributed by atoms with van der Waals surface area (Å²) in [6.45, 7) is 5.29. The van der Waals surface area contributed by atoms with Gasteiger partial charge in [-0.15, -0.1) is 0 Å². The first kappa shape index (κ1) is 23.7. The molecule has 0 aliphatic heterocycles. The number of nitrogens with one attached hydrogen (secondary N) is 3. The Hall–Kier alpha value is -3.30. The predicted molar refractivity (Wildman–Crippen MR) is 105 cm³/mol. The fraction of sp³-hybridized carbons (Fsp3) is 0.474. The molecule has 0 heterocycles. The van der Waals surface area contributed by atoms with Gasteiger partial charge in [-0.1, -0.05) is 0 Å². The molecule has 1 aromatic carbocycles. The highest BCUT2D eigenvalue weighted by Gasteiger charge is 2.23. The number of rotatable bonds is 7. The van der Waals surface area contributed by atoms with Crippen molar-refractivity contribution in [2.45, 2.75) is 38.8 Å². The highest BCUT2D eigenvalue weighted by Crippen LogP contribution is 2.11. The van der Waals surface area contributed by atoms with E-state index in [2.05, 4.69) is 20.7 Å². The van der Waals surface area contributed by atoms with Gasteiger partial charge in [0.25, 0.3) is 5.91 Å². The van der Waals surface area contributed by atoms with E-state index in [9.17, 15) is 19.2 Å². The second-order valence-corrected chi connectivity index (χ2v) is 6.96. The van der Waals surface area contributed by atoms with Crippen LogP contribution in [0.25, 0.3) is 0 Å². The van der Waals surface area contributed by atoms with Crippen molar-refractivity contribution in [2.75, 3.05) is 26.1 Å². The van der Waals surface area contributed by atoms with Gasteiger partial charge in [0.2, 0.25) is 0 Å². The van der Waals surface area contributed by atoms with Gasteiger partial charge in [0.1, 0.15) is 11.6 Å². The van der Waals surface area contributed by atoms with Crippen molar-refractivity contribution in [3.05, 3.63) is 29.8 Å². The molecule has 0 unspecified atom stereocenters. The van der Waals surface area contributed by atoms with Crippen LogP contribution >= 0.6 is 0 Å². The number of hydrogen-bond donors (Lipinski definition) is 3. The number of anilines is 1. The maximum atomic E-state index is 12.4. The van der Waals surface area contributed by atoms with Gasteiger partial charge in [0.05, 0.1) is 14.2 Å². The van der Waals surface area contributed by atoms with E-state index in [1.807, 2.05) is 0 Å². The van der Waals surface area contributed by atoms with Crippen LogP contribution < -0.4 is 16.0 Å². The minimum atomic E-state index is -0.963. The smallest absolute Gasteiger partial charge is 0.411 e. The molecule has 0 saturated heterocycles. The van der Waals surface area contributed by atoms with E-state index in [1.54, 1.807) is 20.8 Å². The Labute approximate surface area is 169 Å². The molecule has 1 rings (SSSR count). The van der Waals surface area contributed by atoms with E-state index in [0.717, 1.165) is 0 Å². The molecule has 0 fully saturated rings. The number of methoxy groups -OCH3 is 2. The molecule has 10 nitrogen and oxygen atoms in total. The fourth-order valence-electron chi connectivity index (χ4n) is 2.14. The summed E-state index contributed by atoms with van der Waals surface area (Å²) in [5.41, 5.74) is 0.0727. The SMILES string of the molecule is COC(=O)Nc1ccc(C(=O)N[C@@H](CCNC(=O)OC(C)(C)C)C(=O)OC)cc1. The third-order valence-electron chi connectivity index (χ3n) is 3.47. The van der Waals surface area contributed by atoms with Gasteiger partial charge in [-0.2, -0.15) is 0 Å². The van der Waals surface area contributed by atoms with Crippen molar-refractivity contribution in [3.8, 4) is 0 Å². The lowest BCUT2D eigenvalue weighted by Gasteiger charge is -2.21. The number of ether oxygens (including phenoxy) is 3. The summed E-state index contributed by atoms with van der Waals surface area (Å²) < 4.78 is 14.3. The fourth-order valence-corrected chi connectivity index (χ4v) is 2.14. The van der Waals surface area contributed by atoms with Gasteiger partial charge in [-0.25, -0.2) is 14.4 Å². The number of carbonyl (C=O) groups excluding carboxylic acids is 4. The van der Waals surface area contributed by atoms with Crippen molar-refractivity contribution in [2.24, 2.45) is 0 Å². The number of amides is 3. The molecule has 3 amide bonds. The molecule has 0 aromatic heterocycles. The molecule has 29 heavy (non-hydrogen) atoms. The van der Waals surface area contributed by atoms with Gasteiger partial charge >= 0.3 is 18.2 Å². The average molecular weight is 409 g/mol. The molecular weight excluding hydrogens is 382 g/mol. The second kappa shape index (κ2) is 10.9. The summed E-state index contributed by atoms with van der Waals surface area (Å²) in [5, 5.41) is 7.54. The van der Waals surface area contributed by atoms with Crippen LogP contribution in [0.3, 0.4) is 0 Å². The molecule has 0 aliphatic carbocycles. The standard InChI is InChI=1S/C19H27N3O7/c1-19(2,3)29-17(25)20-11-10-14(16(24)27-4)22-15(23)12-6-8-13(9-7-12)21-18(26)28-5/h6-9,14H,10-11H2,1-5H3,(H,20,25)(H,21,26)(H,22,23)/t14-/m0/s1. The first-order valence-corrected chi connectivity index (χ1v) is 8.86. The molecule has 0 bridgehead atoms. The van der Waals surface area contributed by atoms with Crippen LogP contribution in [0, 0.1) is 0 Å². The zero-order valence-electron chi connectivity index (χ0n) is 17.2. The topological polar surface area (TPSA) is 132 Å². The minimum absolute atomic E-state index is 0.0942. The van der Waals surface area contributed by atoms with Crippen LogP contribution in [0.4, 0.5) is 15.3 Å². The summed E-state index contributed by atoms with van der Waals surface area (Å²) in [4.78, 5) is 47.2. The molecule has 0 radical (unpaired) electrons. The normalized spacial score (nSPS) is 11.6. The Kier molecular flexibility index (Phi) is 8.91. The van der Waals surface area contributed by atoms with Crippen LogP contribution in [0.5, 0.6) is 0 Å². The number of carbonyl (C=O) groups is 4. The lowest BCUT2D eigenvalue weighted by Crippen LogP contribution is -2.44. The largest absolute Gasteiger partial charge is 0.467 e. The van der Waals surface area contributed by atoms with Gasteiger partial charge < -0.3 is 24.8 Å². The third kappa shape index (κ3) is 8.96. The molecule has 10 heteroatoms. The van der Waals surface area contributed by atoms with E-state index in [1.165, 1.54) is 38.5 Å². The first-order chi connectivity index (χ1) is 13.6. The van der Waals surface area contributed by atoms with E-state index in [0.29, 0.717) is 5.69 Å². The molecule has 0 spiro atoms. The first-order valence-electron chi connectivity index (χ1n) is 8.86. The third-order valence-corrected chi connectivity index (χ3v) is 3.47. The lowest BCUT2D eigenvalue weighted by atomic mass is 10.1. The Morgan fingerprint density at radius 2 is 1.59 bits per heavy atom. The summed E-state index contributed by atoms with van der Waals surface area (Å²) in [5.74, 6) is -1.16. The lowest BCUT2D eigenvalue weighted by molar-refractivity contribution is -0.143. The van der Waals surface area contributed by atoms with Crippen LogP contribution in [0.2, 0.25) is 0 Å².